The minimum absolute atomic E-state index is 0.0539. The number of aromatic nitrogens is 1. The molecule has 3 nitrogen and oxygen atoms in total. The molecule has 0 bridgehead atoms. The van der Waals surface area contributed by atoms with Crippen molar-refractivity contribution in [3.05, 3.63) is 71.4 Å². The highest BCUT2D eigenvalue weighted by molar-refractivity contribution is 5.88. The quantitative estimate of drug-likeness (QED) is 0.481. The van der Waals surface area contributed by atoms with Crippen LogP contribution in [0.4, 0.5) is 0 Å². The number of hydrogen-bond donors (Lipinski definition) is 2. The van der Waals surface area contributed by atoms with Gasteiger partial charge in [-0.25, -0.2) is 0 Å². The van der Waals surface area contributed by atoms with Crippen molar-refractivity contribution in [2.45, 2.75) is 51.9 Å². The summed E-state index contributed by atoms with van der Waals surface area (Å²) in [6.45, 7) is 5.12. The van der Waals surface area contributed by atoms with Crippen molar-refractivity contribution in [2.75, 3.05) is 6.54 Å². The fraction of sp³-hybridized carbons (Fsp3) is 0.375. The number of H-pyrrole nitrogens is 1. The third-order valence-corrected chi connectivity index (χ3v) is 5.28. The van der Waals surface area contributed by atoms with Crippen LogP contribution < -0.4 is 5.32 Å². The maximum absolute atomic E-state index is 12.6. The zero-order valence-electron chi connectivity index (χ0n) is 16.4. The van der Waals surface area contributed by atoms with Crippen LogP contribution in [-0.4, -0.2) is 17.4 Å². The molecular weight excluding hydrogens is 332 g/mol. The Morgan fingerprint density at radius 2 is 1.85 bits per heavy atom. The summed E-state index contributed by atoms with van der Waals surface area (Å²) in [6, 6.07) is 16.8. The van der Waals surface area contributed by atoms with Crippen LogP contribution in [0.5, 0.6) is 0 Å². The zero-order valence-corrected chi connectivity index (χ0v) is 16.4. The molecular formula is C24H30N2O. The second-order valence-electron chi connectivity index (χ2n) is 7.16. The van der Waals surface area contributed by atoms with Crippen molar-refractivity contribution < 1.29 is 4.79 Å². The number of carbonyl (C=O) groups excluding carboxylic acids is 1. The summed E-state index contributed by atoms with van der Waals surface area (Å²) in [6.07, 6.45) is 6.92. The molecule has 0 aliphatic carbocycles. The van der Waals surface area contributed by atoms with E-state index in [2.05, 4.69) is 60.7 Å². The van der Waals surface area contributed by atoms with Gasteiger partial charge in [-0.1, -0.05) is 75.2 Å². The molecule has 2 N–H and O–H groups in total. The van der Waals surface area contributed by atoms with Crippen LogP contribution in [0.1, 0.15) is 62.1 Å². The summed E-state index contributed by atoms with van der Waals surface area (Å²) in [5.74, 6) is 0.180. The van der Waals surface area contributed by atoms with Crippen LogP contribution in [0.2, 0.25) is 0 Å². The molecule has 27 heavy (non-hydrogen) atoms. The van der Waals surface area contributed by atoms with Gasteiger partial charge in [0.2, 0.25) is 5.91 Å². The predicted octanol–water partition coefficient (Wildman–Crippen LogP) is 5.56. The predicted molar refractivity (Wildman–Crippen MR) is 113 cm³/mol. The minimum Gasteiger partial charge on any atom is -0.361 e. The van der Waals surface area contributed by atoms with Gasteiger partial charge < -0.3 is 10.3 Å². The van der Waals surface area contributed by atoms with Crippen LogP contribution in [0.25, 0.3) is 10.9 Å². The molecule has 1 unspecified atom stereocenters. The first kappa shape index (κ1) is 19.2. The van der Waals surface area contributed by atoms with Crippen molar-refractivity contribution in [3.8, 4) is 0 Å². The van der Waals surface area contributed by atoms with Crippen LogP contribution in [0.15, 0.2) is 54.7 Å². The molecule has 0 saturated heterocycles. The minimum atomic E-state index is 0.0539. The van der Waals surface area contributed by atoms with E-state index in [4.69, 9.17) is 0 Å². The molecule has 1 aromatic heterocycles. The molecule has 142 valence electrons. The Labute approximate surface area is 162 Å². The largest absolute Gasteiger partial charge is 0.361 e. The van der Waals surface area contributed by atoms with E-state index in [1.807, 2.05) is 18.2 Å². The zero-order chi connectivity index (χ0) is 19.1. The molecule has 1 heterocycles. The topological polar surface area (TPSA) is 44.9 Å². The normalized spacial score (nSPS) is 12.2. The number of fused-ring (bicyclic) bond motifs is 1. The molecule has 3 rings (SSSR count). The van der Waals surface area contributed by atoms with Crippen molar-refractivity contribution in [1.29, 1.82) is 0 Å². The molecule has 0 aliphatic rings. The number of nitrogens with one attached hydrogen (secondary N) is 2. The molecule has 0 fully saturated rings. The SMILES string of the molecule is CCCCCNC(=O)CC(c1ccccc1)c1c[nH]c2c(CC)cccc12. The first-order valence-electron chi connectivity index (χ1n) is 10.1. The maximum Gasteiger partial charge on any atom is 0.220 e. The Balaban J connectivity index is 1.89. The molecule has 0 spiro atoms. The second kappa shape index (κ2) is 9.40. The van der Waals surface area contributed by atoms with Gasteiger partial charge >= 0.3 is 0 Å². The van der Waals surface area contributed by atoms with Gasteiger partial charge in [-0.2, -0.15) is 0 Å². The molecule has 3 aromatic rings. The molecule has 0 aliphatic heterocycles. The monoisotopic (exact) mass is 362 g/mol. The Kier molecular flexibility index (Phi) is 6.69. The number of unbranched alkanes of at least 4 members (excludes halogenated alkanes) is 2. The Hall–Kier alpha value is -2.55. The lowest BCUT2D eigenvalue weighted by molar-refractivity contribution is -0.121. The molecule has 0 radical (unpaired) electrons. The smallest absolute Gasteiger partial charge is 0.220 e. The van der Waals surface area contributed by atoms with Gasteiger partial charge in [0.25, 0.3) is 0 Å². The maximum atomic E-state index is 12.6. The summed E-state index contributed by atoms with van der Waals surface area (Å²) in [5.41, 5.74) is 4.90. The number of aryl methyl sites for hydroxylation is 1. The van der Waals surface area contributed by atoms with Crippen molar-refractivity contribution >= 4 is 16.8 Å². The Morgan fingerprint density at radius 1 is 1.04 bits per heavy atom. The van der Waals surface area contributed by atoms with Gasteiger partial charge in [0.1, 0.15) is 0 Å². The highest BCUT2D eigenvalue weighted by atomic mass is 16.1. The fourth-order valence-electron chi connectivity index (χ4n) is 3.77. The van der Waals surface area contributed by atoms with E-state index in [0.29, 0.717) is 6.42 Å². The van der Waals surface area contributed by atoms with Gasteiger partial charge in [0, 0.05) is 36.0 Å². The summed E-state index contributed by atoms with van der Waals surface area (Å²) < 4.78 is 0. The fourth-order valence-corrected chi connectivity index (χ4v) is 3.77. The number of amides is 1. The van der Waals surface area contributed by atoms with Crippen LogP contribution in [0, 0.1) is 0 Å². The average Bonchev–Trinajstić information content (AvgIpc) is 3.14. The number of aromatic amines is 1. The van der Waals surface area contributed by atoms with E-state index in [1.54, 1.807) is 0 Å². The van der Waals surface area contributed by atoms with E-state index in [-0.39, 0.29) is 11.8 Å². The van der Waals surface area contributed by atoms with Gasteiger partial charge in [-0.3, -0.25) is 4.79 Å². The average molecular weight is 363 g/mol. The first-order valence-corrected chi connectivity index (χ1v) is 10.1. The van der Waals surface area contributed by atoms with Crippen LogP contribution in [0.3, 0.4) is 0 Å². The molecule has 1 atom stereocenters. The van der Waals surface area contributed by atoms with Crippen LogP contribution in [-0.2, 0) is 11.2 Å². The Bertz CT molecular complexity index is 866. The lowest BCUT2D eigenvalue weighted by atomic mass is 9.87. The number of rotatable bonds is 9. The summed E-state index contributed by atoms with van der Waals surface area (Å²) >= 11 is 0. The molecule has 2 aromatic carbocycles. The van der Waals surface area contributed by atoms with E-state index >= 15 is 0 Å². The van der Waals surface area contributed by atoms with Crippen molar-refractivity contribution in [1.82, 2.24) is 10.3 Å². The second-order valence-corrected chi connectivity index (χ2v) is 7.16. The number of benzene rings is 2. The standard InChI is InChI=1S/C24H30N2O/c1-3-5-9-15-25-23(27)16-21(19-11-7-6-8-12-19)22-17-26-24-18(4-2)13-10-14-20(22)24/h6-8,10-14,17,21,26H,3-5,9,15-16H2,1-2H3,(H,25,27). The summed E-state index contributed by atoms with van der Waals surface area (Å²) in [4.78, 5) is 16.1. The number of hydrogen-bond acceptors (Lipinski definition) is 1. The molecule has 3 heteroatoms. The number of para-hydroxylation sites is 1. The Morgan fingerprint density at radius 3 is 2.59 bits per heavy atom. The van der Waals surface area contributed by atoms with E-state index < -0.39 is 0 Å². The van der Waals surface area contributed by atoms with E-state index in [0.717, 1.165) is 32.2 Å². The lowest BCUT2D eigenvalue weighted by Gasteiger charge is -2.17. The van der Waals surface area contributed by atoms with Gasteiger partial charge in [0.05, 0.1) is 0 Å². The summed E-state index contributed by atoms with van der Waals surface area (Å²) in [5, 5.41) is 4.33. The number of carbonyl (C=O) groups is 1. The molecule has 1 amide bonds. The lowest BCUT2D eigenvalue weighted by Crippen LogP contribution is -2.26. The van der Waals surface area contributed by atoms with Gasteiger partial charge in [-0.15, -0.1) is 0 Å². The summed E-state index contributed by atoms with van der Waals surface area (Å²) in [7, 11) is 0. The third kappa shape index (κ3) is 4.60. The highest BCUT2D eigenvalue weighted by Crippen LogP contribution is 2.34. The van der Waals surface area contributed by atoms with E-state index in [9.17, 15) is 4.79 Å². The first-order chi connectivity index (χ1) is 13.2. The van der Waals surface area contributed by atoms with Crippen LogP contribution >= 0.6 is 0 Å². The van der Waals surface area contributed by atoms with E-state index in [1.165, 1.54) is 27.6 Å². The highest BCUT2D eigenvalue weighted by Gasteiger charge is 2.21. The third-order valence-electron chi connectivity index (χ3n) is 5.28. The van der Waals surface area contributed by atoms with Gasteiger partial charge in [0.15, 0.2) is 0 Å². The van der Waals surface area contributed by atoms with Crippen molar-refractivity contribution in [2.24, 2.45) is 0 Å². The molecule has 0 saturated carbocycles. The van der Waals surface area contributed by atoms with Gasteiger partial charge in [-0.05, 0) is 29.5 Å². The van der Waals surface area contributed by atoms with Crippen molar-refractivity contribution in [3.63, 3.8) is 0 Å².